The maximum absolute atomic E-state index is 11.6. The van der Waals surface area contributed by atoms with E-state index in [1.54, 1.807) is 6.92 Å². The van der Waals surface area contributed by atoms with Gasteiger partial charge in [0.15, 0.2) is 10.9 Å². The van der Waals surface area contributed by atoms with Crippen molar-refractivity contribution in [2.24, 2.45) is 10.2 Å². The lowest BCUT2D eigenvalue weighted by Gasteiger charge is -2.13. The average Bonchev–Trinajstić information content (AvgIpc) is 2.99. The second kappa shape index (κ2) is 4.59. The predicted octanol–water partition coefficient (Wildman–Crippen LogP) is -0.578. The van der Waals surface area contributed by atoms with Crippen LogP contribution >= 0.6 is 0 Å². The Kier molecular flexibility index (Phi) is 3.34. The Morgan fingerprint density at radius 1 is 1.50 bits per heavy atom. The van der Waals surface area contributed by atoms with Crippen molar-refractivity contribution in [3.8, 4) is 0 Å². The van der Waals surface area contributed by atoms with Crippen LogP contribution in [0.2, 0.25) is 0 Å². The Bertz CT molecular complexity index is 605. The van der Waals surface area contributed by atoms with Crippen molar-refractivity contribution < 1.29 is 32.2 Å². The molecule has 2 aliphatic heterocycles. The zero-order valence-corrected chi connectivity index (χ0v) is 11.2. The van der Waals surface area contributed by atoms with E-state index >= 15 is 0 Å². The first-order chi connectivity index (χ1) is 9.12. The summed E-state index contributed by atoms with van der Waals surface area (Å²) < 4.78 is 30.5. The van der Waals surface area contributed by atoms with Crippen LogP contribution in [0.4, 0.5) is 0 Å². The van der Waals surface area contributed by atoms with Gasteiger partial charge in [-0.25, -0.2) is 4.79 Å². The average molecular weight is 305 g/mol. The summed E-state index contributed by atoms with van der Waals surface area (Å²) in [7, 11) is -4.71. The lowest BCUT2D eigenvalue weighted by molar-refractivity contribution is -0.197. The van der Waals surface area contributed by atoms with Crippen LogP contribution in [0.3, 0.4) is 0 Å². The van der Waals surface area contributed by atoms with Gasteiger partial charge in [-0.15, -0.1) is 5.06 Å². The zero-order chi connectivity index (χ0) is 15.1. The topological polar surface area (TPSA) is 143 Å². The molecule has 0 unspecified atom stereocenters. The molecule has 0 radical (unpaired) electrons. The van der Waals surface area contributed by atoms with Gasteiger partial charge in [-0.3, -0.25) is 14.1 Å². The number of hydroxylamine groups is 2. The molecule has 1 saturated heterocycles. The van der Waals surface area contributed by atoms with Gasteiger partial charge in [0.05, 0.1) is 12.8 Å². The monoisotopic (exact) mass is 305 g/mol. The molecule has 10 nitrogen and oxygen atoms in total. The number of hydrogen-bond acceptors (Lipinski definition) is 8. The molecule has 0 aromatic carbocycles. The highest BCUT2D eigenvalue weighted by Crippen LogP contribution is 2.32. The summed E-state index contributed by atoms with van der Waals surface area (Å²) in [5.74, 6) is -3.17. The van der Waals surface area contributed by atoms with E-state index in [1.165, 1.54) is 0 Å². The van der Waals surface area contributed by atoms with Crippen LogP contribution in [0, 0.1) is 0 Å². The standard InChI is InChI=1S/C9H11N3O7S/c1-9(10-11-9)3-2-7(14)19-12-6(13)4-5(8(12)15)20(16,17)18/h5H,2-4H2,1H3,(H,16,17,18)/t5-/m1/s1. The third-order valence-corrected chi connectivity index (χ3v) is 3.95. The highest BCUT2D eigenvalue weighted by Gasteiger charge is 2.48. The molecular weight excluding hydrogens is 294 g/mol. The third kappa shape index (κ3) is 2.99. The van der Waals surface area contributed by atoms with Crippen molar-refractivity contribution in [1.82, 2.24) is 5.06 Å². The van der Waals surface area contributed by atoms with Crippen LogP contribution in [-0.2, 0) is 29.3 Å². The van der Waals surface area contributed by atoms with Crippen molar-refractivity contribution >= 4 is 27.9 Å². The van der Waals surface area contributed by atoms with Gasteiger partial charge in [0.25, 0.3) is 21.9 Å². The Labute approximate surface area is 113 Å². The summed E-state index contributed by atoms with van der Waals surface area (Å²) in [6.45, 7) is 1.68. The van der Waals surface area contributed by atoms with Crippen molar-refractivity contribution in [2.45, 2.75) is 37.1 Å². The smallest absolute Gasteiger partial charge is 0.330 e. The molecule has 1 atom stereocenters. The van der Waals surface area contributed by atoms with Crippen LogP contribution in [0.15, 0.2) is 10.2 Å². The second-order valence-electron chi connectivity index (χ2n) is 4.61. The SMILES string of the molecule is CC1(CCC(=O)ON2C(=O)C[C@@H](S(=O)(=O)O)C2=O)N=N1. The fourth-order valence-corrected chi connectivity index (χ4v) is 2.29. The first-order valence-corrected chi connectivity index (χ1v) is 7.11. The lowest BCUT2D eigenvalue weighted by Crippen LogP contribution is -2.36. The predicted molar refractivity (Wildman–Crippen MR) is 60.4 cm³/mol. The van der Waals surface area contributed by atoms with Gasteiger partial charge in [-0.05, 0) is 6.92 Å². The maximum Gasteiger partial charge on any atom is 0.333 e. The minimum atomic E-state index is -4.71. The quantitative estimate of drug-likeness (QED) is 0.528. The van der Waals surface area contributed by atoms with Crippen molar-refractivity contribution in [3.05, 3.63) is 0 Å². The maximum atomic E-state index is 11.6. The number of carbonyl (C=O) groups is 3. The minimum absolute atomic E-state index is 0.0737. The molecule has 0 bridgehead atoms. The molecule has 110 valence electrons. The molecule has 2 heterocycles. The van der Waals surface area contributed by atoms with Crippen molar-refractivity contribution in [3.63, 3.8) is 0 Å². The summed E-state index contributed by atoms with van der Waals surface area (Å²) in [4.78, 5) is 38.9. The second-order valence-corrected chi connectivity index (χ2v) is 6.21. The number of amides is 2. The molecule has 1 N–H and O–H groups in total. The molecule has 0 aromatic rings. The summed E-state index contributed by atoms with van der Waals surface area (Å²) in [6.07, 6.45) is -0.645. The fourth-order valence-electron chi connectivity index (χ4n) is 1.58. The van der Waals surface area contributed by atoms with E-state index in [1.807, 2.05) is 0 Å². The molecule has 11 heteroatoms. The fraction of sp³-hybridized carbons (Fsp3) is 0.667. The lowest BCUT2D eigenvalue weighted by atomic mass is 10.1. The molecule has 0 spiro atoms. The molecule has 2 amide bonds. The van der Waals surface area contributed by atoms with Gasteiger partial charge in [-0.1, -0.05) is 0 Å². The number of carbonyl (C=O) groups excluding carboxylic acids is 3. The van der Waals surface area contributed by atoms with Crippen LogP contribution in [0.25, 0.3) is 0 Å². The number of nitrogens with zero attached hydrogens (tertiary/aromatic N) is 3. The van der Waals surface area contributed by atoms with E-state index in [4.69, 9.17) is 4.55 Å². The summed E-state index contributed by atoms with van der Waals surface area (Å²) in [6, 6.07) is 0. The highest BCUT2D eigenvalue weighted by molar-refractivity contribution is 7.87. The normalized spacial score (nSPS) is 24.1. The van der Waals surface area contributed by atoms with Crippen molar-refractivity contribution in [2.75, 3.05) is 0 Å². The minimum Gasteiger partial charge on any atom is -0.330 e. The van der Waals surface area contributed by atoms with Gasteiger partial charge in [0.2, 0.25) is 0 Å². The molecule has 0 aromatic heterocycles. The summed E-state index contributed by atoms with van der Waals surface area (Å²) >= 11 is 0. The first kappa shape index (κ1) is 14.5. The molecule has 0 aliphatic carbocycles. The Morgan fingerprint density at radius 3 is 2.55 bits per heavy atom. The first-order valence-electron chi connectivity index (χ1n) is 5.60. The molecule has 20 heavy (non-hydrogen) atoms. The Balaban J connectivity index is 1.93. The largest absolute Gasteiger partial charge is 0.333 e. The van der Waals surface area contributed by atoms with E-state index in [2.05, 4.69) is 15.1 Å². The van der Waals surface area contributed by atoms with Crippen LogP contribution in [0.5, 0.6) is 0 Å². The van der Waals surface area contributed by atoms with Crippen molar-refractivity contribution in [1.29, 1.82) is 0 Å². The van der Waals surface area contributed by atoms with Gasteiger partial charge in [0, 0.05) is 6.42 Å². The zero-order valence-electron chi connectivity index (χ0n) is 10.3. The van der Waals surface area contributed by atoms with Crippen LogP contribution in [-0.4, -0.2) is 46.7 Å². The Morgan fingerprint density at radius 2 is 2.10 bits per heavy atom. The molecule has 2 rings (SSSR count). The van der Waals surface area contributed by atoms with Gasteiger partial charge < -0.3 is 4.84 Å². The number of imide groups is 1. The molecule has 1 fully saturated rings. The molecule has 2 aliphatic rings. The van der Waals surface area contributed by atoms with Gasteiger partial charge in [-0.2, -0.15) is 18.6 Å². The van der Waals surface area contributed by atoms with Gasteiger partial charge in [0.1, 0.15) is 0 Å². The molecular formula is C9H11N3O7S. The number of rotatable bonds is 5. The molecule has 0 saturated carbocycles. The van der Waals surface area contributed by atoms with Gasteiger partial charge >= 0.3 is 5.97 Å². The van der Waals surface area contributed by atoms with E-state index < -0.39 is 45.2 Å². The van der Waals surface area contributed by atoms with Crippen LogP contribution < -0.4 is 0 Å². The van der Waals surface area contributed by atoms with E-state index in [9.17, 15) is 22.8 Å². The number of hydrogen-bond donors (Lipinski definition) is 1. The third-order valence-electron chi connectivity index (χ3n) is 2.86. The summed E-state index contributed by atoms with van der Waals surface area (Å²) in [5.41, 5.74) is -0.630. The summed E-state index contributed by atoms with van der Waals surface area (Å²) in [5, 5.41) is 5.49. The van der Waals surface area contributed by atoms with E-state index in [0.29, 0.717) is 0 Å². The highest BCUT2D eigenvalue weighted by atomic mass is 32.2. The van der Waals surface area contributed by atoms with E-state index in [-0.39, 0.29) is 17.9 Å². The van der Waals surface area contributed by atoms with E-state index in [0.717, 1.165) is 0 Å². The Hall–Kier alpha value is -1.88. The van der Waals surface area contributed by atoms with Crippen LogP contribution in [0.1, 0.15) is 26.2 Å².